The molecule has 1 nitrogen and oxygen atoms in total. The van der Waals surface area contributed by atoms with Gasteiger partial charge in [-0.25, -0.2) is 96.8 Å². The van der Waals surface area contributed by atoms with Gasteiger partial charge in [-0.15, -0.1) is 21.9 Å². The Labute approximate surface area is 336 Å². The predicted molar refractivity (Wildman–Crippen MR) is 179 cm³/mol. The van der Waals surface area contributed by atoms with Gasteiger partial charge >= 0.3 is 0 Å². The lowest BCUT2D eigenvalue weighted by Crippen LogP contribution is -2.81. The van der Waals surface area contributed by atoms with E-state index in [1.165, 1.54) is 11.6 Å². The molecule has 0 atom stereocenters. The lowest BCUT2D eigenvalue weighted by Gasteiger charge is -2.44. The van der Waals surface area contributed by atoms with Gasteiger partial charge in [-0.2, -0.15) is 0 Å². The summed E-state index contributed by atoms with van der Waals surface area (Å²) < 4.78 is 310. The van der Waals surface area contributed by atoms with E-state index in [0.29, 0.717) is 5.39 Å². The van der Waals surface area contributed by atoms with E-state index in [-0.39, 0.29) is 5.82 Å². The Morgan fingerprint density at radius 1 is 0.317 bits per heavy atom. The van der Waals surface area contributed by atoms with Gasteiger partial charge in [0, 0.05) is 22.4 Å². The number of benzene rings is 6. The summed E-state index contributed by atoms with van der Waals surface area (Å²) in [4.78, 5) is 0. The van der Waals surface area contributed by atoms with Crippen LogP contribution in [0.3, 0.4) is 0 Å². The van der Waals surface area contributed by atoms with Crippen molar-refractivity contribution in [3.63, 3.8) is 0 Å². The molecular weight excluding hydrogens is 904 g/mol. The van der Waals surface area contributed by atoms with Crippen molar-refractivity contribution in [2.75, 3.05) is 0 Å². The van der Waals surface area contributed by atoms with Crippen LogP contribution in [-0.2, 0) is 6.54 Å². The monoisotopic (exact) mass is 917 g/mol. The third-order valence-electron chi connectivity index (χ3n) is 9.74. The number of hydrogen-bond acceptors (Lipinski definition) is 0. The molecule has 0 saturated carbocycles. The third kappa shape index (κ3) is 7.15. The maximum atomic E-state index is 15.4. The van der Waals surface area contributed by atoms with Gasteiger partial charge in [-0.05, 0) is 12.1 Å². The average Bonchev–Trinajstić information content (AvgIpc) is 3.27. The van der Waals surface area contributed by atoms with Crippen molar-refractivity contribution in [1.82, 2.24) is 0 Å². The first kappa shape index (κ1) is 45.8. The minimum absolute atomic E-state index is 0.167. The molecule has 0 bridgehead atoms. The highest BCUT2D eigenvalue weighted by Gasteiger charge is 2.52. The minimum Gasteiger partial charge on any atom is -0.207 e. The van der Waals surface area contributed by atoms with Crippen molar-refractivity contribution in [3.05, 3.63) is 195 Å². The molecule has 0 aliphatic carbocycles. The fourth-order valence-electron chi connectivity index (χ4n) is 7.00. The lowest BCUT2D eigenvalue weighted by atomic mass is 9.12. The molecule has 0 aliphatic heterocycles. The summed E-state index contributed by atoms with van der Waals surface area (Å²) in [7, 11) is 0. The fourth-order valence-corrected chi connectivity index (χ4v) is 7.00. The maximum absolute atomic E-state index is 15.4. The molecule has 1 aromatic heterocycles. The predicted octanol–water partition coefficient (Wildman–Crippen LogP) is 9.16. The highest BCUT2D eigenvalue weighted by molar-refractivity contribution is 7.20. The summed E-state index contributed by atoms with van der Waals surface area (Å²) in [6.45, 7) is 0.799. The van der Waals surface area contributed by atoms with E-state index in [1.807, 2.05) is 42.7 Å². The van der Waals surface area contributed by atoms with Crippen LogP contribution in [0.1, 0.15) is 5.56 Å². The van der Waals surface area contributed by atoms with Crippen LogP contribution >= 0.6 is 0 Å². The largest absolute Gasteiger partial charge is 0.207 e. The van der Waals surface area contributed by atoms with E-state index in [0.717, 1.165) is 11.9 Å². The molecule has 0 N–H and O–H groups in total. The van der Waals surface area contributed by atoms with Crippen molar-refractivity contribution in [3.8, 4) is 0 Å². The second kappa shape index (κ2) is 16.9. The van der Waals surface area contributed by atoms with E-state index in [9.17, 15) is 57.1 Å². The summed E-state index contributed by atoms with van der Waals surface area (Å²) in [5, 5.41) is 1.59. The first-order chi connectivity index (χ1) is 29.5. The molecule has 63 heavy (non-hydrogen) atoms. The van der Waals surface area contributed by atoms with Gasteiger partial charge in [0.15, 0.2) is 88.7 Å². The van der Waals surface area contributed by atoms with Crippen molar-refractivity contribution in [1.29, 1.82) is 0 Å². The molecule has 0 aliphatic rings. The number of pyridine rings is 1. The fraction of sp³-hybridized carbons (Fsp3) is 0.0250. The zero-order valence-corrected chi connectivity index (χ0v) is 30.0. The van der Waals surface area contributed by atoms with Crippen molar-refractivity contribution in [2.24, 2.45) is 0 Å². The van der Waals surface area contributed by atoms with Gasteiger partial charge in [0.25, 0.3) is 0 Å². The number of nitrogens with zero attached hydrogens (tertiary/aromatic N) is 1. The zero-order valence-electron chi connectivity index (χ0n) is 30.0. The smallest absolute Gasteiger partial charge is 0.200 e. The van der Waals surface area contributed by atoms with Crippen molar-refractivity contribution < 1.29 is 96.8 Å². The Kier molecular flexibility index (Phi) is 12.3. The quantitative estimate of drug-likeness (QED) is 0.0516. The van der Waals surface area contributed by atoms with Gasteiger partial charge in [0.05, 0.1) is 0 Å². The van der Waals surface area contributed by atoms with Crippen LogP contribution in [0.2, 0.25) is 0 Å². The number of rotatable bonds is 6. The van der Waals surface area contributed by atoms with Crippen LogP contribution in [0, 0.1) is 122 Å². The van der Waals surface area contributed by atoms with E-state index < -0.39 is 144 Å². The molecule has 0 amide bonds. The topological polar surface area (TPSA) is 3.88 Å². The second-order valence-electron chi connectivity index (χ2n) is 13.1. The van der Waals surface area contributed by atoms with Crippen molar-refractivity contribution >= 4 is 38.8 Å². The molecule has 23 heteroatoms. The van der Waals surface area contributed by atoms with Crippen LogP contribution in [0.4, 0.5) is 92.2 Å². The van der Waals surface area contributed by atoms with Crippen LogP contribution in [0.5, 0.6) is 0 Å². The van der Waals surface area contributed by atoms with E-state index in [4.69, 9.17) is 0 Å². The molecular formula is C40H13BF21N. The molecule has 0 unspecified atom stereocenters. The molecule has 7 aromatic rings. The molecule has 0 fully saturated rings. The number of halogens is 21. The van der Waals surface area contributed by atoms with Gasteiger partial charge < -0.3 is 0 Å². The van der Waals surface area contributed by atoms with E-state index in [1.54, 1.807) is 6.07 Å². The summed E-state index contributed by atoms with van der Waals surface area (Å²) in [5.74, 6) is -71.6. The second-order valence-corrected chi connectivity index (χ2v) is 13.1. The first-order valence-corrected chi connectivity index (χ1v) is 16.9. The summed E-state index contributed by atoms with van der Waals surface area (Å²) in [5.41, 5.74) is -13.1. The Bertz CT molecular complexity index is 2610. The normalized spacial score (nSPS) is 11.6. The van der Waals surface area contributed by atoms with E-state index >= 15 is 35.1 Å². The molecule has 7 rings (SSSR count). The molecule has 0 radical (unpaired) electrons. The zero-order chi connectivity index (χ0) is 46.7. The standard InChI is InChI=1S/C24BF20.C16H13FN/c26-5-1(6(27)14(35)21(42)13(5)34)25(2-7(28)15(36)22(43)16(37)8(2)29,3-9(30)17(38)23(44)18(39)10(3)31)4-11(32)19(40)24(45)20(41)12(4)33;17-16-8-4-7-14-12-18(10-9-15(14)16)11-13-5-2-1-3-6-13/h;1-10,12H,11H2/q-1;+1. The van der Waals surface area contributed by atoms with Gasteiger partial charge in [-0.1, -0.05) is 36.4 Å². The molecule has 1 heterocycles. The van der Waals surface area contributed by atoms with Crippen LogP contribution in [-0.4, -0.2) is 6.15 Å². The lowest BCUT2D eigenvalue weighted by molar-refractivity contribution is -0.687. The SMILES string of the molecule is Fc1c(F)c(F)c([B-](c2c(F)c(F)c(F)c(F)c2F)(c2c(F)c(F)c(F)c(F)c2F)c2c(F)c(F)c(F)c(F)c2F)c(F)c1F.Fc1cccc2c[n+](Cc3ccccc3)ccc12. The maximum Gasteiger partial charge on any atom is 0.200 e. The number of aromatic nitrogens is 1. The summed E-state index contributed by atoms with van der Waals surface area (Å²) in [6, 6.07) is 17.2. The Morgan fingerprint density at radius 3 is 0.937 bits per heavy atom. The van der Waals surface area contributed by atoms with Gasteiger partial charge in [0.1, 0.15) is 58.5 Å². The highest BCUT2D eigenvalue weighted by Crippen LogP contribution is 2.31. The number of hydrogen-bond donors (Lipinski definition) is 0. The summed E-state index contributed by atoms with van der Waals surface area (Å²) in [6.07, 6.45) is -3.32. The van der Waals surface area contributed by atoms with E-state index in [2.05, 4.69) is 16.7 Å². The average molecular weight is 917 g/mol. The molecule has 0 spiro atoms. The first-order valence-electron chi connectivity index (χ1n) is 16.9. The molecule has 0 saturated heterocycles. The number of fused-ring (bicyclic) bond motifs is 1. The highest BCUT2D eigenvalue weighted by atomic mass is 19.2. The van der Waals surface area contributed by atoms with Crippen molar-refractivity contribution in [2.45, 2.75) is 6.54 Å². The Balaban J connectivity index is 0.000000302. The Hall–Kier alpha value is -6.68. The van der Waals surface area contributed by atoms with Crippen LogP contribution < -0.4 is 26.4 Å². The molecule has 6 aromatic carbocycles. The van der Waals surface area contributed by atoms with Crippen LogP contribution in [0.25, 0.3) is 10.8 Å². The van der Waals surface area contributed by atoms with Crippen LogP contribution in [0.15, 0.2) is 67.0 Å². The minimum atomic E-state index is -7.22. The Morgan fingerprint density at radius 2 is 0.619 bits per heavy atom. The summed E-state index contributed by atoms with van der Waals surface area (Å²) >= 11 is 0. The van der Waals surface area contributed by atoms with Gasteiger partial charge in [-0.3, -0.25) is 0 Å². The third-order valence-corrected chi connectivity index (χ3v) is 9.74. The van der Waals surface area contributed by atoms with Gasteiger partial charge in [0.2, 0.25) is 0 Å². The molecule has 328 valence electrons.